The molecule has 0 N–H and O–H groups in total. The molecular weight excluding hydrogens is 343 g/mol. The highest BCUT2D eigenvalue weighted by Gasteiger charge is 2.38. The van der Waals surface area contributed by atoms with Crippen LogP contribution in [0.3, 0.4) is 0 Å². The number of ketones is 1. The summed E-state index contributed by atoms with van der Waals surface area (Å²) in [6, 6.07) is 5.37. The molecule has 7 nitrogen and oxygen atoms in total. The van der Waals surface area contributed by atoms with Gasteiger partial charge in [-0.2, -0.15) is 18.2 Å². The average molecular weight is 355 g/mol. The summed E-state index contributed by atoms with van der Waals surface area (Å²) in [5, 5.41) is 3.26. The molecule has 0 unspecified atom stereocenters. The molecule has 1 fully saturated rings. The minimum absolute atomic E-state index is 0.125. The maximum absolute atomic E-state index is 12.5. The summed E-state index contributed by atoms with van der Waals surface area (Å²) < 4.78 is 46.7. The molecule has 1 aliphatic rings. The molecule has 0 radical (unpaired) electrons. The van der Waals surface area contributed by atoms with E-state index in [9.17, 15) is 22.8 Å². The van der Waals surface area contributed by atoms with Crippen LogP contribution in [0, 0.1) is 0 Å². The van der Waals surface area contributed by atoms with Crippen LogP contribution in [-0.4, -0.2) is 53.0 Å². The molecule has 3 rings (SSSR count). The van der Waals surface area contributed by atoms with E-state index in [1.165, 1.54) is 29.2 Å². The van der Waals surface area contributed by atoms with Crippen LogP contribution in [-0.2, 0) is 15.7 Å². The lowest BCUT2D eigenvalue weighted by Crippen LogP contribution is -2.44. The van der Waals surface area contributed by atoms with E-state index in [1.54, 1.807) is 0 Å². The van der Waals surface area contributed by atoms with Crippen molar-refractivity contribution in [3.8, 4) is 11.4 Å². The summed E-state index contributed by atoms with van der Waals surface area (Å²) in [4.78, 5) is 29.0. The second-order valence-electron chi connectivity index (χ2n) is 5.23. The van der Waals surface area contributed by atoms with E-state index in [1.807, 2.05) is 0 Å². The summed E-state index contributed by atoms with van der Waals surface area (Å²) in [7, 11) is 0. The van der Waals surface area contributed by atoms with Gasteiger partial charge in [0.2, 0.25) is 11.6 Å². The monoisotopic (exact) mass is 355 g/mol. The van der Waals surface area contributed by atoms with Crippen LogP contribution >= 0.6 is 0 Å². The van der Waals surface area contributed by atoms with Crippen LogP contribution in [0.5, 0.6) is 0 Å². The number of ether oxygens (including phenoxy) is 1. The van der Waals surface area contributed by atoms with Gasteiger partial charge in [-0.15, -0.1) is 0 Å². The molecule has 1 saturated heterocycles. The van der Waals surface area contributed by atoms with E-state index in [-0.39, 0.29) is 17.0 Å². The SMILES string of the molecule is O=C(C(=O)N1CCOCC1)c1ccc(-c2noc(C(F)(F)F)n2)cc1. The number of alkyl halides is 3. The molecule has 0 aliphatic carbocycles. The zero-order chi connectivity index (χ0) is 18.0. The molecule has 0 atom stereocenters. The van der Waals surface area contributed by atoms with Crippen LogP contribution in [0.25, 0.3) is 11.4 Å². The fourth-order valence-corrected chi connectivity index (χ4v) is 2.26. The molecule has 25 heavy (non-hydrogen) atoms. The second kappa shape index (κ2) is 6.63. The van der Waals surface area contributed by atoms with E-state index in [4.69, 9.17) is 4.74 Å². The number of aromatic nitrogens is 2. The number of rotatable bonds is 3. The number of benzene rings is 1. The maximum atomic E-state index is 12.5. The second-order valence-corrected chi connectivity index (χ2v) is 5.23. The minimum atomic E-state index is -4.73. The zero-order valence-corrected chi connectivity index (χ0v) is 12.7. The lowest BCUT2D eigenvalue weighted by molar-refractivity contribution is -0.159. The lowest BCUT2D eigenvalue weighted by Gasteiger charge is -2.26. The number of hydrogen-bond acceptors (Lipinski definition) is 6. The molecule has 1 aromatic carbocycles. The summed E-state index contributed by atoms with van der Waals surface area (Å²) >= 11 is 0. The number of halogens is 3. The first-order valence-electron chi connectivity index (χ1n) is 7.29. The number of carbonyl (C=O) groups excluding carboxylic acids is 2. The Morgan fingerprint density at radius 1 is 1.08 bits per heavy atom. The van der Waals surface area contributed by atoms with Crippen LogP contribution < -0.4 is 0 Å². The van der Waals surface area contributed by atoms with E-state index in [2.05, 4.69) is 14.7 Å². The summed E-state index contributed by atoms with van der Waals surface area (Å²) in [6.07, 6.45) is -4.73. The van der Waals surface area contributed by atoms with Gasteiger partial charge in [-0.3, -0.25) is 9.59 Å². The van der Waals surface area contributed by atoms with Gasteiger partial charge in [-0.05, 0) is 0 Å². The Balaban J connectivity index is 1.74. The topological polar surface area (TPSA) is 85.5 Å². The fourth-order valence-electron chi connectivity index (χ4n) is 2.26. The molecule has 2 heterocycles. The quantitative estimate of drug-likeness (QED) is 0.616. The van der Waals surface area contributed by atoms with Gasteiger partial charge in [0.1, 0.15) is 0 Å². The Morgan fingerprint density at radius 2 is 1.72 bits per heavy atom. The average Bonchev–Trinajstić information content (AvgIpc) is 3.12. The Labute approximate surface area is 139 Å². The Kier molecular flexibility index (Phi) is 4.53. The van der Waals surface area contributed by atoms with E-state index in [0.717, 1.165) is 0 Å². The van der Waals surface area contributed by atoms with Gasteiger partial charge in [-0.1, -0.05) is 29.4 Å². The van der Waals surface area contributed by atoms with E-state index in [0.29, 0.717) is 26.3 Å². The van der Waals surface area contributed by atoms with Crippen molar-refractivity contribution in [1.82, 2.24) is 15.0 Å². The Morgan fingerprint density at radius 3 is 2.28 bits per heavy atom. The highest BCUT2D eigenvalue weighted by atomic mass is 19.4. The highest BCUT2D eigenvalue weighted by molar-refractivity contribution is 6.42. The van der Waals surface area contributed by atoms with Gasteiger partial charge in [-0.25, -0.2) is 0 Å². The predicted octanol–water partition coefficient (Wildman–Crippen LogP) is 1.80. The fraction of sp³-hybridized carbons (Fsp3) is 0.333. The first-order chi connectivity index (χ1) is 11.9. The molecule has 0 saturated carbocycles. The van der Waals surface area contributed by atoms with Gasteiger partial charge in [0, 0.05) is 24.2 Å². The van der Waals surface area contributed by atoms with Gasteiger partial charge < -0.3 is 14.2 Å². The number of Topliss-reactive ketones (excluding diaryl/α,β-unsaturated/α-hetero) is 1. The van der Waals surface area contributed by atoms with Crippen LogP contribution in [0.2, 0.25) is 0 Å². The molecule has 1 aliphatic heterocycles. The third-order valence-electron chi connectivity index (χ3n) is 3.57. The molecule has 1 aromatic heterocycles. The van der Waals surface area contributed by atoms with Crippen molar-refractivity contribution in [3.05, 3.63) is 35.7 Å². The van der Waals surface area contributed by atoms with Gasteiger partial charge >= 0.3 is 12.1 Å². The smallest absolute Gasteiger partial charge is 0.378 e. The lowest BCUT2D eigenvalue weighted by atomic mass is 10.1. The van der Waals surface area contributed by atoms with Crippen LogP contribution in [0.4, 0.5) is 13.2 Å². The summed E-state index contributed by atoms with van der Waals surface area (Å²) in [6.45, 7) is 1.42. The summed E-state index contributed by atoms with van der Waals surface area (Å²) in [5.41, 5.74) is 0.356. The number of nitrogens with zero attached hydrogens (tertiary/aromatic N) is 3. The van der Waals surface area contributed by atoms with Crippen LogP contribution in [0.1, 0.15) is 16.2 Å². The van der Waals surface area contributed by atoms with Gasteiger partial charge in [0.25, 0.3) is 5.91 Å². The maximum Gasteiger partial charge on any atom is 0.471 e. The number of hydrogen-bond donors (Lipinski definition) is 0. The Hall–Kier alpha value is -2.75. The normalized spacial score (nSPS) is 15.2. The van der Waals surface area contributed by atoms with Crippen LogP contribution in [0.15, 0.2) is 28.8 Å². The minimum Gasteiger partial charge on any atom is -0.378 e. The number of carbonyl (C=O) groups is 2. The molecule has 2 aromatic rings. The summed E-state index contributed by atoms with van der Waals surface area (Å²) in [5.74, 6) is -3.05. The largest absolute Gasteiger partial charge is 0.471 e. The predicted molar refractivity (Wildman–Crippen MR) is 76.5 cm³/mol. The van der Waals surface area contributed by atoms with Crippen molar-refractivity contribution < 1.29 is 32.0 Å². The number of amides is 1. The van der Waals surface area contributed by atoms with Crippen molar-refractivity contribution >= 4 is 11.7 Å². The third kappa shape index (κ3) is 3.68. The Bertz CT molecular complexity index is 780. The number of morpholine rings is 1. The zero-order valence-electron chi connectivity index (χ0n) is 12.7. The molecule has 0 bridgehead atoms. The standard InChI is InChI=1S/C15H12F3N3O4/c16-15(17,18)14-19-12(20-25-14)10-3-1-9(2-4-10)11(22)13(23)21-5-7-24-8-6-21/h1-4H,5-8H2. The molecule has 0 spiro atoms. The van der Waals surface area contributed by atoms with Crippen molar-refractivity contribution in [1.29, 1.82) is 0 Å². The van der Waals surface area contributed by atoms with E-state index < -0.39 is 23.8 Å². The molecular formula is C15H12F3N3O4. The molecule has 132 valence electrons. The first-order valence-corrected chi connectivity index (χ1v) is 7.29. The van der Waals surface area contributed by atoms with Gasteiger partial charge in [0.15, 0.2) is 0 Å². The van der Waals surface area contributed by atoms with Crippen molar-refractivity contribution in [2.24, 2.45) is 0 Å². The van der Waals surface area contributed by atoms with E-state index >= 15 is 0 Å². The molecule has 1 amide bonds. The highest BCUT2D eigenvalue weighted by Crippen LogP contribution is 2.29. The molecule has 10 heteroatoms. The van der Waals surface area contributed by atoms with Gasteiger partial charge in [0.05, 0.1) is 13.2 Å². The van der Waals surface area contributed by atoms with Crippen molar-refractivity contribution in [2.45, 2.75) is 6.18 Å². The van der Waals surface area contributed by atoms with Crippen molar-refractivity contribution in [3.63, 3.8) is 0 Å². The first kappa shape index (κ1) is 17.1. The van der Waals surface area contributed by atoms with Crippen molar-refractivity contribution in [2.75, 3.05) is 26.3 Å². The third-order valence-corrected chi connectivity index (χ3v) is 3.57.